The molecule has 0 unspecified atom stereocenters. The van der Waals surface area contributed by atoms with Crippen LogP contribution in [-0.2, 0) is 45.8 Å². The van der Waals surface area contributed by atoms with Crippen molar-refractivity contribution in [1.29, 1.82) is 0 Å². The molecule has 0 aromatic rings. The first-order valence-electron chi connectivity index (χ1n) is 1.82. The van der Waals surface area contributed by atoms with Gasteiger partial charge in [0.1, 0.15) is 0 Å². The van der Waals surface area contributed by atoms with Gasteiger partial charge in [0.05, 0.1) is 0 Å². The van der Waals surface area contributed by atoms with Crippen molar-refractivity contribution >= 4 is 11.9 Å². The minimum Gasteiger partial charge on any atom is -0.550 e. The second-order valence-electron chi connectivity index (χ2n) is 0.983. The van der Waals surface area contributed by atoms with Crippen molar-refractivity contribution in [2.75, 3.05) is 0 Å². The van der Waals surface area contributed by atoms with Crippen molar-refractivity contribution in [1.82, 2.24) is 0 Å². The van der Waals surface area contributed by atoms with Gasteiger partial charge in [0.2, 0.25) is 0 Å². The number of carboxylic acids is 2. The van der Waals surface area contributed by atoms with Crippen LogP contribution in [0.4, 0.5) is 0 Å². The molecule has 6 heteroatoms. The Morgan fingerprint density at radius 2 is 1.00 bits per heavy atom. The van der Waals surface area contributed by atoms with Gasteiger partial charge in [-0.15, -0.1) is 0 Å². The molecule has 0 aliphatic heterocycles. The standard InChI is InChI=1S/2C2H4O2.Co.Zn/c2*1-2(3)4;;/h2*1H3,(H,3,4);;/q;;2*+2/p-2. The fraction of sp³-hybridized carbons (Fsp3) is 0.500. The predicted octanol–water partition coefficient (Wildman–Crippen LogP) is -2.49. The zero-order valence-corrected chi connectivity index (χ0v) is 9.68. The third-order valence-corrected chi connectivity index (χ3v) is 0. The SMILES string of the molecule is CC(=O)[O-].CC(=O)[O-].[Co+2].[Zn+2]. The van der Waals surface area contributed by atoms with Crippen molar-refractivity contribution in [3.8, 4) is 0 Å². The maximum absolute atomic E-state index is 8.89. The van der Waals surface area contributed by atoms with E-state index in [1.165, 1.54) is 0 Å². The molecular weight excluding hydrogens is 236 g/mol. The third kappa shape index (κ3) is 82600. The summed E-state index contributed by atoms with van der Waals surface area (Å²) in [5.41, 5.74) is 0. The molecule has 0 saturated heterocycles. The van der Waals surface area contributed by atoms with Crippen LogP contribution >= 0.6 is 0 Å². The topological polar surface area (TPSA) is 80.3 Å². The van der Waals surface area contributed by atoms with E-state index < -0.39 is 11.9 Å². The smallest absolute Gasteiger partial charge is 0.550 e. The van der Waals surface area contributed by atoms with Crippen LogP contribution in [0.5, 0.6) is 0 Å². The molecule has 0 heterocycles. The Morgan fingerprint density at radius 1 is 1.00 bits per heavy atom. The van der Waals surface area contributed by atoms with Crippen molar-refractivity contribution < 1.29 is 56.1 Å². The van der Waals surface area contributed by atoms with Gasteiger partial charge in [-0.3, -0.25) is 0 Å². The van der Waals surface area contributed by atoms with E-state index in [-0.39, 0.29) is 36.3 Å². The van der Waals surface area contributed by atoms with E-state index in [0.29, 0.717) is 0 Å². The summed E-state index contributed by atoms with van der Waals surface area (Å²) in [6.45, 7) is 1.94. The summed E-state index contributed by atoms with van der Waals surface area (Å²) in [7, 11) is 0. The van der Waals surface area contributed by atoms with Gasteiger partial charge in [-0.2, -0.15) is 0 Å². The molecule has 0 aliphatic rings. The Labute approximate surface area is 82.0 Å². The molecule has 1 radical (unpaired) electrons. The first-order chi connectivity index (χ1) is 3.46. The summed E-state index contributed by atoms with van der Waals surface area (Å²) in [4.78, 5) is 17.8. The molecule has 0 aromatic heterocycles. The second kappa shape index (κ2) is 16.0. The van der Waals surface area contributed by atoms with Crippen LogP contribution in [0.25, 0.3) is 0 Å². The van der Waals surface area contributed by atoms with Crippen molar-refractivity contribution in [2.45, 2.75) is 13.8 Å². The quantitative estimate of drug-likeness (QED) is 0.440. The van der Waals surface area contributed by atoms with E-state index in [0.717, 1.165) is 13.8 Å². The maximum Gasteiger partial charge on any atom is 2.00 e. The zero-order chi connectivity index (χ0) is 7.15. The van der Waals surface area contributed by atoms with Gasteiger partial charge in [-0.05, 0) is 13.8 Å². The van der Waals surface area contributed by atoms with Crippen molar-refractivity contribution in [3.63, 3.8) is 0 Å². The monoisotopic (exact) mass is 241 g/mol. The summed E-state index contributed by atoms with van der Waals surface area (Å²) < 4.78 is 0. The van der Waals surface area contributed by atoms with E-state index in [4.69, 9.17) is 19.8 Å². The van der Waals surface area contributed by atoms with Crippen LogP contribution in [0.2, 0.25) is 0 Å². The zero-order valence-electron chi connectivity index (χ0n) is 5.67. The van der Waals surface area contributed by atoms with Gasteiger partial charge >= 0.3 is 36.3 Å². The van der Waals surface area contributed by atoms with Gasteiger partial charge < -0.3 is 19.8 Å². The Hall–Kier alpha value is 0.0699. The summed E-state index contributed by atoms with van der Waals surface area (Å²) in [6, 6.07) is 0. The summed E-state index contributed by atoms with van der Waals surface area (Å²) in [5.74, 6) is -2.17. The molecule has 0 spiro atoms. The Kier molecular flexibility index (Phi) is 36.0. The Morgan fingerprint density at radius 3 is 1.00 bits per heavy atom. The van der Waals surface area contributed by atoms with E-state index in [9.17, 15) is 0 Å². The second-order valence-corrected chi connectivity index (χ2v) is 0.983. The summed E-state index contributed by atoms with van der Waals surface area (Å²) in [6.07, 6.45) is 0. The average Bonchev–Trinajstić information content (AvgIpc) is 1.25. The number of hydrogen-bond acceptors (Lipinski definition) is 4. The number of carbonyl (C=O) groups is 2. The minimum atomic E-state index is -1.08. The molecule has 0 aromatic carbocycles. The molecule has 0 amide bonds. The molecule has 0 atom stereocenters. The molecule has 0 N–H and O–H groups in total. The van der Waals surface area contributed by atoms with E-state index >= 15 is 0 Å². The van der Waals surface area contributed by atoms with E-state index in [2.05, 4.69) is 0 Å². The van der Waals surface area contributed by atoms with Crippen LogP contribution in [-0.4, -0.2) is 11.9 Å². The van der Waals surface area contributed by atoms with Gasteiger partial charge in [0, 0.05) is 11.9 Å². The van der Waals surface area contributed by atoms with Crippen molar-refractivity contribution in [2.24, 2.45) is 0 Å². The van der Waals surface area contributed by atoms with Crippen molar-refractivity contribution in [3.05, 3.63) is 0 Å². The van der Waals surface area contributed by atoms with Crippen LogP contribution in [0, 0.1) is 0 Å². The van der Waals surface area contributed by atoms with Gasteiger partial charge in [0.25, 0.3) is 0 Å². The normalized spacial score (nSPS) is 5.00. The average molecular weight is 242 g/mol. The molecule has 0 rings (SSSR count). The third-order valence-electron chi connectivity index (χ3n) is 0. The van der Waals surface area contributed by atoms with Crippen LogP contribution in [0.1, 0.15) is 13.8 Å². The molecule has 0 aliphatic carbocycles. The number of carboxylic acid groups (broad SMARTS) is 2. The summed E-state index contributed by atoms with van der Waals surface area (Å²) in [5, 5.41) is 17.8. The molecule has 4 nitrogen and oxygen atoms in total. The predicted molar refractivity (Wildman–Crippen MR) is 21.4 cm³/mol. The molecule has 55 valence electrons. The van der Waals surface area contributed by atoms with E-state index in [1.54, 1.807) is 0 Å². The van der Waals surface area contributed by atoms with Crippen LogP contribution in [0.3, 0.4) is 0 Å². The fourth-order valence-corrected chi connectivity index (χ4v) is 0. The first-order valence-corrected chi connectivity index (χ1v) is 1.82. The molecular formula is C4H6CoO4Zn+2. The molecule has 0 fully saturated rings. The number of carbonyl (C=O) groups excluding carboxylic acids is 2. The van der Waals surface area contributed by atoms with Crippen LogP contribution < -0.4 is 10.2 Å². The number of rotatable bonds is 0. The molecule has 0 saturated carbocycles. The fourth-order valence-electron chi connectivity index (χ4n) is 0. The van der Waals surface area contributed by atoms with E-state index in [1.807, 2.05) is 0 Å². The molecule has 0 bridgehead atoms. The first kappa shape index (κ1) is 22.5. The largest absolute Gasteiger partial charge is 2.00 e. The van der Waals surface area contributed by atoms with Gasteiger partial charge in [-0.25, -0.2) is 0 Å². The minimum absolute atomic E-state index is 0. The Bertz CT molecular complexity index is 75.3. The van der Waals surface area contributed by atoms with Crippen LogP contribution in [0.15, 0.2) is 0 Å². The molecule has 10 heavy (non-hydrogen) atoms. The maximum atomic E-state index is 8.89. The van der Waals surface area contributed by atoms with Gasteiger partial charge in [-0.1, -0.05) is 0 Å². The Balaban J connectivity index is -0.0000000300. The number of hydrogen-bond donors (Lipinski definition) is 0. The van der Waals surface area contributed by atoms with Gasteiger partial charge in [0.15, 0.2) is 0 Å². The number of aliphatic carboxylic acids is 2. The summed E-state index contributed by atoms with van der Waals surface area (Å²) >= 11 is 0.